The van der Waals surface area contributed by atoms with E-state index in [2.05, 4.69) is 42.3 Å². The van der Waals surface area contributed by atoms with Gasteiger partial charge in [-0.25, -0.2) is 0 Å². The lowest BCUT2D eigenvalue weighted by atomic mass is 10.1. The first-order chi connectivity index (χ1) is 8.81. The van der Waals surface area contributed by atoms with Crippen molar-refractivity contribution < 1.29 is 0 Å². The quantitative estimate of drug-likeness (QED) is 0.715. The van der Waals surface area contributed by atoms with Crippen molar-refractivity contribution in [2.24, 2.45) is 11.7 Å². The number of aryl methyl sites for hydroxylation is 1. The van der Waals surface area contributed by atoms with Crippen LogP contribution in [0.2, 0.25) is 0 Å². The summed E-state index contributed by atoms with van der Waals surface area (Å²) in [6.45, 7) is 2.01. The predicted octanol–water partition coefficient (Wildman–Crippen LogP) is 2.68. The van der Waals surface area contributed by atoms with Crippen LogP contribution in [0.1, 0.15) is 31.2 Å². The van der Waals surface area contributed by atoms with Gasteiger partial charge in [-0.15, -0.1) is 0 Å². The molecule has 0 aliphatic heterocycles. The number of likely N-dealkylation sites (N-methyl/N-ethyl adjacent to an activating group) is 1. The minimum absolute atomic E-state index is 0.627. The fourth-order valence-corrected chi connectivity index (χ4v) is 2.71. The number of hydrogen-bond donors (Lipinski definition) is 1. The van der Waals surface area contributed by atoms with Gasteiger partial charge in [-0.2, -0.15) is 0 Å². The summed E-state index contributed by atoms with van der Waals surface area (Å²) in [5.41, 5.74) is 7.32. The Morgan fingerprint density at radius 3 is 2.56 bits per heavy atom. The fourth-order valence-electron chi connectivity index (χ4n) is 2.71. The van der Waals surface area contributed by atoms with Gasteiger partial charge in [0.15, 0.2) is 0 Å². The van der Waals surface area contributed by atoms with Gasteiger partial charge in [0, 0.05) is 12.6 Å². The molecule has 100 valence electrons. The normalized spacial score (nSPS) is 17.1. The Morgan fingerprint density at radius 2 is 1.94 bits per heavy atom. The average Bonchev–Trinajstić information content (AvgIpc) is 3.21. The molecule has 2 N–H and O–H groups in total. The van der Waals surface area contributed by atoms with E-state index >= 15 is 0 Å². The lowest BCUT2D eigenvalue weighted by Crippen LogP contribution is -2.40. The van der Waals surface area contributed by atoms with E-state index in [9.17, 15) is 0 Å². The van der Waals surface area contributed by atoms with Crippen LogP contribution in [-0.4, -0.2) is 31.1 Å². The lowest BCUT2D eigenvalue weighted by Gasteiger charge is -2.26. The molecule has 0 heterocycles. The van der Waals surface area contributed by atoms with Crippen LogP contribution in [0, 0.1) is 5.92 Å². The first-order valence-corrected chi connectivity index (χ1v) is 7.25. The van der Waals surface area contributed by atoms with Crippen molar-refractivity contribution in [1.29, 1.82) is 0 Å². The van der Waals surface area contributed by atoms with Gasteiger partial charge in [0.05, 0.1) is 0 Å². The molecule has 1 unspecified atom stereocenters. The van der Waals surface area contributed by atoms with Gasteiger partial charge in [0.2, 0.25) is 0 Å². The van der Waals surface area contributed by atoms with Gasteiger partial charge in [-0.1, -0.05) is 30.3 Å². The Hall–Kier alpha value is -0.860. The Bertz CT molecular complexity index is 332. The maximum atomic E-state index is 5.87. The Labute approximate surface area is 111 Å². The monoisotopic (exact) mass is 246 g/mol. The summed E-state index contributed by atoms with van der Waals surface area (Å²) >= 11 is 0. The average molecular weight is 246 g/mol. The van der Waals surface area contributed by atoms with Crippen LogP contribution in [-0.2, 0) is 6.42 Å². The van der Waals surface area contributed by atoms with Gasteiger partial charge in [0.1, 0.15) is 0 Å². The molecule has 0 spiro atoms. The van der Waals surface area contributed by atoms with Crippen LogP contribution in [0.3, 0.4) is 0 Å². The summed E-state index contributed by atoms with van der Waals surface area (Å²) in [5, 5.41) is 0. The molecular weight excluding hydrogens is 220 g/mol. The third kappa shape index (κ3) is 4.11. The lowest BCUT2D eigenvalue weighted by molar-refractivity contribution is 0.220. The van der Waals surface area contributed by atoms with E-state index in [1.807, 2.05) is 0 Å². The highest BCUT2D eigenvalue weighted by molar-refractivity contribution is 5.14. The minimum atomic E-state index is 0.627. The number of unbranched alkanes of at least 4 members (excludes halogenated alkanes) is 1. The van der Waals surface area contributed by atoms with E-state index in [4.69, 9.17) is 5.73 Å². The maximum Gasteiger partial charge on any atom is 0.0243 e. The molecule has 1 fully saturated rings. The van der Waals surface area contributed by atoms with Crippen LogP contribution >= 0.6 is 0 Å². The van der Waals surface area contributed by atoms with Gasteiger partial charge in [-0.05, 0) is 57.2 Å². The summed E-state index contributed by atoms with van der Waals surface area (Å²) in [5.74, 6) is 0.883. The number of hydrogen-bond acceptors (Lipinski definition) is 2. The smallest absolute Gasteiger partial charge is 0.0243 e. The molecule has 1 atom stereocenters. The molecule has 2 heteroatoms. The first-order valence-electron chi connectivity index (χ1n) is 7.25. The van der Waals surface area contributed by atoms with Crippen LogP contribution in [0.4, 0.5) is 0 Å². The standard InChI is InChI=1S/C16H26N2/c1-18(16(13-17)15-10-11-15)12-6-5-9-14-7-3-2-4-8-14/h2-4,7-8,15-16H,5-6,9-13,17H2,1H3. The van der Waals surface area contributed by atoms with Crippen molar-refractivity contribution in [3.8, 4) is 0 Å². The van der Waals surface area contributed by atoms with Crippen molar-refractivity contribution in [3.63, 3.8) is 0 Å². The molecule has 0 aromatic heterocycles. The zero-order valence-corrected chi connectivity index (χ0v) is 11.5. The van der Waals surface area contributed by atoms with Crippen molar-refractivity contribution >= 4 is 0 Å². The maximum absolute atomic E-state index is 5.87. The molecule has 1 aliphatic rings. The Balaban J connectivity index is 1.62. The molecule has 1 aliphatic carbocycles. The van der Waals surface area contributed by atoms with Crippen LogP contribution < -0.4 is 5.73 Å². The molecule has 0 saturated heterocycles. The Kier molecular flexibility index (Phi) is 5.21. The minimum Gasteiger partial charge on any atom is -0.329 e. The van der Waals surface area contributed by atoms with Crippen LogP contribution in [0.25, 0.3) is 0 Å². The first kappa shape index (κ1) is 13.6. The second-order valence-electron chi connectivity index (χ2n) is 5.56. The highest BCUT2D eigenvalue weighted by Gasteiger charge is 2.32. The molecular formula is C16H26N2. The zero-order chi connectivity index (χ0) is 12.8. The molecule has 1 aromatic carbocycles. The zero-order valence-electron chi connectivity index (χ0n) is 11.5. The highest BCUT2D eigenvalue weighted by Crippen LogP contribution is 2.34. The van der Waals surface area contributed by atoms with Crippen molar-refractivity contribution in [3.05, 3.63) is 35.9 Å². The Morgan fingerprint density at radius 1 is 1.22 bits per heavy atom. The number of nitrogens with zero attached hydrogens (tertiary/aromatic N) is 1. The largest absolute Gasteiger partial charge is 0.329 e. The molecule has 1 aromatic rings. The van der Waals surface area contributed by atoms with Gasteiger partial charge in [0.25, 0.3) is 0 Å². The number of benzene rings is 1. The molecule has 2 rings (SSSR count). The van der Waals surface area contributed by atoms with E-state index in [1.165, 1.54) is 44.2 Å². The number of rotatable bonds is 8. The SMILES string of the molecule is CN(CCCCc1ccccc1)C(CN)C1CC1. The molecule has 0 amide bonds. The number of nitrogens with two attached hydrogens (primary N) is 1. The second-order valence-corrected chi connectivity index (χ2v) is 5.56. The van der Waals surface area contributed by atoms with E-state index in [0.29, 0.717) is 6.04 Å². The summed E-state index contributed by atoms with van der Waals surface area (Å²) in [7, 11) is 2.23. The third-order valence-corrected chi connectivity index (χ3v) is 4.04. The fraction of sp³-hybridized carbons (Fsp3) is 0.625. The summed E-state index contributed by atoms with van der Waals surface area (Å²) < 4.78 is 0. The summed E-state index contributed by atoms with van der Waals surface area (Å²) in [6, 6.07) is 11.4. The summed E-state index contributed by atoms with van der Waals surface area (Å²) in [4.78, 5) is 2.47. The third-order valence-electron chi connectivity index (χ3n) is 4.04. The molecule has 0 radical (unpaired) electrons. The van der Waals surface area contributed by atoms with E-state index in [0.717, 1.165) is 12.5 Å². The van der Waals surface area contributed by atoms with Crippen molar-refractivity contribution in [1.82, 2.24) is 4.90 Å². The molecule has 0 bridgehead atoms. The van der Waals surface area contributed by atoms with Gasteiger partial charge >= 0.3 is 0 Å². The molecule has 1 saturated carbocycles. The topological polar surface area (TPSA) is 29.3 Å². The van der Waals surface area contributed by atoms with E-state index < -0.39 is 0 Å². The second kappa shape index (κ2) is 6.91. The predicted molar refractivity (Wildman–Crippen MR) is 77.6 cm³/mol. The van der Waals surface area contributed by atoms with Crippen LogP contribution in [0.5, 0.6) is 0 Å². The van der Waals surface area contributed by atoms with E-state index in [-0.39, 0.29) is 0 Å². The highest BCUT2D eigenvalue weighted by atomic mass is 15.1. The molecule has 18 heavy (non-hydrogen) atoms. The van der Waals surface area contributed by atoms with Gasteiger partial charge < -0.3 is 10.6 Å². The van der Waals surface area contributed by atoms with Gasteiger partial charge in [-0.3, -0.25) is 0 Å². The molecule has 2 nitrogen and oxygen atoms in total. The van der Waals surface area contributed by atoms with Crippen molar-refractivity contribution in [2.45, 2.75) is 38.1 Å². The van der Waals surface area contributed by atoms with Crippen LogP contribution in [0.15, 0.2) is 30.3 Å². The summed E-state index contributed by atoms with van der Waals surface area (Å²) in [6.07, 6.45) is 6.52. The van der Waals surface area contributed by atoms with Crippen molar-refractivity contribution in [2.75, 3.05) is 20.1 Å². The van der Waals surface area contributed by atoms with E-state index in [1.54, 1.807) is 0 Å².